The van der Waals surface area contributed by atoms with Gasteiger partial charge in [0, 0.05) is 19.4 Å². The first-order valence-electron chi connectivity index (χ1n) is 7.09. The fraction of sp³-hybridized carbons (Fsp3) is 0.438. The van der Waals surface area contributed by atoms with E-state index >= 15 is 0 Å². The molecule has 0 aromatic carbocycles. The van der Waals surface area contributed by atoms with Gasteiger partial charge in [-0.3, -0.25) is 9.78 Å². The van der Waals surface area contributed by atoms with Crippen molar-refractivity contribution in [3.05, 3.63) is 36.2 Å². The Morgan fingerprint density at radius 2 is 2.14 bits per heavy atom. The molecule has 0 bridgehead atoms. The molecule has 0 saturated heterocycles. The maximum Gasteiger partial charge on any atom is 0.408 e. The molecule has 2 amide bonds. The second-order valence-corrected chi connectivity index (χ2v) is 5.74. The minimum absolute atomic E-state index is 0.276. The molecule has 1 aromatic rings. The summed E-state index contributed by atoms with van der Waals surface area (Å²) in [5.41, 5.74) is 0.318. The number of nitrogens with one attached hydrogen (secondary N) is 2. The lowest BCUT2D eigenvalue weighted by Crippen LogP contribution is -2.47. The molecular weight excluding hydrogens is 282 g/mol. The van der Waals surface area contributed by atoms with Crippen LogP contribution in [0.15, 0.2) is 30.6 Å². The van der Waals surface area contributed by atoms with Gasteiger partial charge >= 0.3 is 6.09 Å². The average molecular weight is 305 g/mol. The van der Waals surface area contributed by atoms with Crippen molar-refractivity contribution < 1.29 is 14.3 Å². The van der Waals surface area contributed by atoms with Gasteiger partial charge in [-0.1, -0.05) is 18.2 Å². The van der Waals surface area contributed by atoms with E-state index < -0.39 is 17.7 Å². The third-order valence-corrected chi connectivity index (χ3v) is 2.62. The third-order valence-electron chi connectivity index (χ3n) is 2.62. The zero-order chi connectivity index (χ0) is 16.6. The lowest BCUT2D eigenvalue weighted by molar-refractivity contribution is -0.122. The van der Waals surface area contributed by atoms with Crippen LogP contribution in [0.2, 0.25) is 0 Å². The minimum atomic E-state index is -0.687. The van der Waals surface area contributed by atoms with E-state index in [0.717, 1.165) is 5.56 Å². The van der Waals surface area contributed by atoms with Crippen LogP contribution in [-0.2, 0) is 9.53 Å². The number of alkyl carbamates (subject to hydrolysis) is 1. The number of aromatic nitrogens is 1. The molecule has 0 aliphatic rings. The zero-order valence-electron chi connectivity index (χ0n) is 13.4. The van der Waals surface area contributed by atoms with Gasteiger partial charge < -0.3 is 15.4 Å². The maximum atomic E-state index is 11.8. The Hall–Kier alpha value is -2.37. The van der Waals surface area contributed by atoms with E-state index in [0.29, 0.717) is 6.42 Å². The van der Waals surface area contributed by atoms with E-state index in [1.165, 1.54) is 7.05 Å². The standard InChI is InChI=1S/C16H23N3O3/c1-16(2,3)22-15(21)19-13(14(20)17-4)9-5-7-12-8-6-10-18-11-12/h5-8,10-11,13H,9H2,1-4H3,(H,17,20)(H,19,21). The molecule has 0 radical (unpaired) electrons. The van der Waals surface area contributed by atoms with E-state index in [2.05, 4.69) is 15.6 Å². The highest BCUT2D eigenvalue weighted by molar-refractivity contribution is 5.85. The Morgan fingerprint density at radius 1 is 1.41 bits per heavy atom. The number of carbonyl (C=O) groups is 2. The van der Waals surface area contributed by atoms with Crippen LogP contribution in [0, 0.1) is 0 Å². The van der Waals surface area contributed by atoms with Gasteiger partial charge in [0.15, 0.2) is 0 Å². The lowest BCUT2D eigenvalue weighted by Gasteiger charge is -2.22. The molecule has 22 heavy (non-hydrogen) atoms. The van der Waals surface area contributed by atoms with Crippen LogP contribution in [-0.4, -0.2) is 35.7 Å². The maximum absolute atomic E-state index is 11.8. The van der Waals surface area contributed by atoms with E-state index in [4.69, 9.17) is 4.74 Å². The summed E-state index contributed by atoms with van der Waals surface area (Å²) in [6.07, 6.45) is 6.80. The van der Waals surface area contributed by atoms with Crippen LogP contribution in [0.5, 0.6) is 0 Å². The molecule has 0 spiro atoms. The first-order chi connectivity index (χ1) is 10.3. The van der Waals surface area contributed by atoms with Crippen LogP contribution in [0.1, 0.15) is 32.8 Å². The van der Waals surface area contributed by atoms with E-state index in [1.807, 2.05) is 24.3 Å². The molecule has 120 valence electrons. The van der Waals surface area contributed by atoms with Crippen molar-refractivity contribution in [2.75, 3.05) is 7.05 Å². The van der Waals surface area contributed by atoms with Crippen LogP contribution in [0.3, 0.4) is 0 Å². The third kappa shape index (κ3) is 6.88. The highest BCUT2D eigenvalue weighted by Gasteiger charge is 2.22. The number of carbonyl (C=O) groups excluding carboxylic acids is 2. The molecule has 0 fully saturated rings. The van der Waals surface area contributed by atoms with E-state index in [-0.39, 0.29) is 5.91 Å². The van der Waals surface area contributed by atoms with Gasteiger partial charge in [0.2, 0.25) is 5.91 Å². The van der Waals surface area contributed by atoms with Gasteiger partial charge in [-0.2, -0.15) is 0 Å². The summed E-state index contributed by atoms with van der Waals surface area (Å²) in [7, 11) is 1.52. The number of hydrogen-bond acceptors (Lipinski definition) is 4. The van der Waals surface area contributed by atoms with Crippen molar-refractivity contribution >= 4 is 18.1 Å². The van der Waals surface area contributed by atoms with E-state index in [1.54, 1.807) is 33.2 Å². The van der Waals surface area contributed by atoms with Crippen LogP contribution >= 0.6 is 0 Å². The van der Waals surface area contributed by atoms with Crippen LogP contribution in [0.25, 0.3) is 6.08 Å². The monoisotopic (exact) mass is 305 g/mol. The summed E-state index contributed by atoms with van der Waals surface area (Å²) >= 11 is 0. The Bertz CT molecular complexity index is 521. The lowest BCUT2D eigenvalue weighted by atomic mass is 10.1. The smallest absolute Gasteiger partial charge is 0.408 e. The van der Waals surface area contributed by atoms with Gasteiger partial charge in [0.1, 0.15) is 11.6 Å². The number of nitrogens with zero attached hydrogens (tertiary/aromatic N) is 1. The molecule has 0 saturated carbocycles. The molecule has 0 aliphatic carbocycles. The fourth-order valence-electron chi connectivity index (χ4n) is 1.67. The first kappa shape index (κ1) is 17.7. The zero-order valence-corrected chi connectivity index (χ0v) is 13.4. The normalized spacial score (nSPS) is 12.7. The van der Waals surface area contributed by atoms with Crippen LogP contribution in [0.4, 0.5) is 4.79 Å². The number of ether oxygens (including phenoxy) is 1. The Labute approximate surface area is 131 Å². The number of rotatable bonds is 5. The molecule has 6 heteroatoms. The summed E-state index contributed by atoms with van der Waals surface area (Å²) in [6.45, 7) is 5.30. The molecule has 6 nitrogen and oxygen atoms in total. The highest BCUT2D eigenvalue weighted by atomic mass is 16.6. The number of amides is 2. The fourth-order valence-corrected chi connectivity index (χ4v) is 1.67. The van der Waals surface area contributed by atoms with Crippen molar-refractivity contribution in [3.63, 3.8) is 0 Å². The molecule has 1 heterocycles. The van der Waals surface area contributed by atoms with Crippen molar-refractivity contribution in [2.45, 2.75) is 38.8 Å². The largest absolute Gasteiger partial charge is 0.444 e. The summed E-state index contributed by atoms with van der Waals surface area (Å²) in [5, 5.41) is 5.10. The van der Waals surface area contributed by atoms with Crippen molar-refractivity contribution in [2.24, 2.45) is 0 Å². The summed E-state index contributed by atoms with van der Waals surface area (Å²) in [5.74, 6) is -0.276. The van der Waals surface area contributed by atoms with Gasteiger partial charge in [-0.25, -0.2) is 4.79 Å². The number of likely N-dealkylation sites (N-methyl/N-ethyl adjacent to an activating group) is 1. The molecule has 2 N–H and O–H groups in total. The Balaban J connectivity index is 2.63. The molecule has 1 atom stereocenters. The summed E-state index contributed by atoms with van der Waals surface area (Å²) < 4.78 is 5.16. The highest BCUT2D eigenvalue weighted by Crippen LogP contribution is 2.08. The number of hydrogen-bond donors (Lipinski definition) is 2. The van der Waals surface area contributed by atoms with Gasteiger partial charge in [0.05, 0.1) is 0 Å². The first-order valence-corrected chi connectivity index (χ1v) is 7.09. The van der Waals surface area contributed by atoms with Crippen LogP contribution < -0.4 is 10.6 Å². The van der Waals surface area contributed by atoms with Gasteiger partial charge in [-0.05, 0) is 38.8 Å². The molecule has 1 aromatic heterocycles. The Morgan fingerprint density at radius 3 is 2.68 bits per heavy atom. The Kier molecular flexibility index (Phi) is 6.56. The van der Waals surface area contributed by atoms with Gasteiger partial charge in [0.25, 0.3) is 0 Å². The molecular formula is C16H23N3O3. The average Bonchev–Trinajstić information content (AvgIpc) is 2.44. The SMILES string of the molecule is CNC(=O)C(CC=Cc1cccnc1)NC(=O)OC(C)(C)C. The van der Waals surface area contributed by atoms with Crippen molar-refractivity contribution in [1.29, 1.82) is 0 Å². The molecule has 1 rings (SSSR count). The van der Waals surface area contributed by atoms with Gasteiger partial charge in [-0.15, -0.1) is 0 Å². The summed E-state index contributed by atoms with van der Waals surface area (Å²) in [6, 6.07) is 3.04. The quantitative estimate of drug-likeness (QED) is 0.873. The second kappa shape index (κ2) is 8.17. The van der Waals surface area contributed by atoms with E-state index in [9.17, 15) is 9.59 Å². The topological polar surface area (TPSA) is 80.3 Å². The molecule has 1 unspecified atom stereocenters. The molecule has 0 aliphatic heterocycles. The predicted molar refractivity (Wildman–Crippen MR) is 85.1 cm³/mol. The minimum Gasteiger partial charge on any atom is -0.444 e. The van der Waals surface area contributed by atoms with Crippen molar-refractivity contribution in [1.82, 2.24) is 15.6 Å². The van der Waals surface area contributed by atoms with Crippen molar-refractivity contribution in [3.8, 4) is 0 Å². The second-order valence-electron chi connectivity index (χ2n) is 5.74. The summed E-state index contributed by atoms with van der Waals surface area (Å²) in [4.78, 5) is 27.6. The number of pyridine rings is 1. The predicted octanol–water partition coefficient (Wildman–Crippen LogP) is 2.12.